The van der Waals surface area contributed by atoms with E-state index in [0.717, 1.165) is 6.54 Å². The van der Waals surface area contributed by atoms with Gasteiger partial charge in [0.1, 0.15) is 0 Å². The molecule has 1 saturated heterocycles. The lowest BCUT2D eigenvalue weighted by atomic mass is 9.99. The maximum atomic E-state index is 6.22. The van der Waals surface area contributed by atoms with Crippen LogP contribution >= 0.6 is 0 Å². The van der Waals surface area contributed by atoms with E-state index in [1.165, 1.54) is 24.9 Å². The third-order valence-corrected chi connectivity index (χ3v) is 4.28. The van der Waals surface area contributed by atoms with E-state index in [0.29, 0.717) is 12.1 Å². The van der Waals surface area contributed by atoms with E-state index in [1.54, 1.807) is 0 Å². The lowest BCUT2D eigenvalue weighted by Crippen LogP contribution is -2.43. The van der Waals surface area contributed by atoms with Crippen LogP contribution in [0.25, 0.3) is 0 Å². The summed E-state index contributed by atoms with van der Waals surface area (Å²) in [5.74, 6) is 0. The van der Waals surface area contributed by atoms with Crippen molar-refractivity contribution in [3.8, 4) is 0 Å². The second-order valence-electron chi connectivity index (χ2n) is 5.93. The van der Waals surface area contributed by atoms with E-state index in [4.69, 9.17) is 5.73 Å². The molecule has 0 saturated carbocycles. The van der Waals surface area contributed by atoms with Crippen molar-refractivity contribution in [3.05, 3.63) is 35.9 Å². The van der Waals surface area contributed by atoms with Crippen molar-refractivity contribution in [1.29, 1.82) is 0 Å². The Morgan fingerprint density at radius 1 is 1.37 bits per heavy atom. The fourth-order valence-corrected chi connectivity index (χ4v) is 3.27. The molecule has 1 aromatic carbocycles. The van der Waals surface area contributed by atoms with Crippen LogP contribution in [0.3, 0.4) is 0 Å². The number of nitrogens with two attached hydrogens (primary N) is 1. The molecule has 0 bridgehead atoms. The van der Waals surface area contributed by atoms with Crippen LogP contribution in [0, 0.1) is 0 Å². The van der Waals surface area contributed by atoms with Gasteiger partial charge in [0.25, 0.3) is 0 Å². The molecule has 1 aliphatic heterocycles. The fraction of sp³-hybridized carbons (Fsp3) is 0.625. The molecule has 0 spiro atoms. The maximum Gasteiger partial charge on any atom is 0.0494 e. The highest BCUT2D eigenvalue weighted by atomic mass is 15.2. The molecule has 1 fully saturated rings. The Morgan fingerprint density at radius 2 is 2.05 bits per heavy atom. The molecule has 19 heavy (non-hydrogen) atoms. The van der Waals surface area contributed by atoms with Gasteiger partial charge in [-0.1, -0.05) is 30.3 Å². The Hall–Kier alpha value is -0.900. The lowest BCUT2D eigenvalue weighted by Gasteiger charge is -2.34. The normalized spacial score (nSPS) is 23.7. The van der Waals surface area contributed by atoms with Crippen LogP contribution in [-0.2, 0) is 0 Å². The van der Waals surface area contributed by atoms with E-state index in [9.17, 15) is 0 Å². The number of hydrogen-bond donors (Lipinski definition) is 1. The Labute approximate surface area is 117 Å². The molecule has 106 valence electrons. The summed E-state index contributed by atoms with van der Waals surface area (Å²) in [4.78, 5) is 4.90. The Bertz CT molecular complexity index is 377. The highest BCUT2D eigenvalue weighted by Gasteiger charge is 2.27. The summed E-state index contributed by atoms with van der Waals surface area (Å²) in [6.45, 7) is 4.43. The Kier molecular flexibility index (Phi) is 4.97. The summed E-state index contributed by atoms with van der Waals surface area (Å²) in [6, 6.07) is 11.7. The van der Waals surface area contributed by atoms with Crippen LogP contribution in [0.5, 0.6) is 0 Å². The second kappa shape index (κ2) is 6.51. The third-order valence-electron chi connectivity index (χ3n) is 4.28. The minimum atomic E-state index is 0.138. The van der Waals surface area contributed by atoms with E-state index in [1.807, 2.05) is 0 Å². The predicted octanol–water partition coefficient (Wildman–Crippen LogP) is 2.10. The molecule has 3 heteroatoms. The number of rotatable bonds is 5. The molecule has 0 amide bonds. The highest BCUT2D eigenvalue weighted by molar-refractivity contribution is 5.20. The van der Waals surface area contributed by atoms with Gasteiger partial charge in [0, 0.05) is 24.7 Å². The average Bonchev–Trinajstić information content (AvgIpc) is 2.76. The van der Waals surface area contributed by atoms with Crippen LogP contribution in [0.4, 0.5) is 0 Å². The molecule has 2 rings (SSSR count). The van der Waals surface area contributed by atoms with Gasteiger partial charge in [-0.2, -0.15) is 0 Å². The van der Waals surface area contributed by atoms with Crippen LogP contribution in [-0.4, -0.2) is 49.1 Å². The second-order valence-corrected chi connectivity index (χ2v) is 5.93. The van der Waals surface area contributed by atoms with Crippen molar-refractivity contribution in [3.63, 3.8) is 0 Å². The Balaban J connectivity index is 2.07. The molecule has 3 atom stereocenters. The summed E-state index contributed by atoms with van der Waals surface area (Å²) >= 11 is 0. The molecular formula is C16H27N3. The summed E-state index contributed by atoms with van der Waals surface area (Å²) in [7, 11) is 4.43. The van der Waals surface area contributed by atoms with Crippen molar-refractivity contribution in [2.24, 2.45) is 5.73 Å². The number of nitrogens with zero attached hydrogens (tertiary/aromatic N) is 2. The van der Waals surface area contributed by atoms with Gasteiger partial charge < -0.3 is 10.6 Å². The minimum absolute atomic E-state index is 0.138. The van der Waals surface area contributed by atoms with Crippen molar-refractivity contribution in [1.82, 2.24) is 9.80 Å². The molecule has 0 aromatic heterocycles. The summed E-state index contributed by atoms with van der Waals surface area (Å²) in [6.07, 6.45) is 2.63. The standard InChI is InChI=1S/C16H27N3/c1-13(17)16(14-8-5-4-6-9-14)19(3)12-15-10-7-11-18(15)2/h4-6,8-9,13,15-16H,7,10-12,17H2,1-3H3. The van der Waals surface area contributed by atoms with Gasteiger partial charge in [-0.3, -0.25) is 4.90 Å². The van der Waals surface area contributed by atoms with Gasteiger partial charge in [0.2, 0.25) is 0 Å². The SMILES string of the molecule is CC(N)C(c1ccccc1)N(C)CC1CCCN1C. The summed E-state index contributed by atoms with van der Waals surface area (Å²) in [5, 5.41) is 0. The predicted molar refractivity (Wildman–Crippen MR) is 81.1 cm³/mol. The molecule has 3 nitrogen and oxygen atoms in total. The minimum Gasteiger partial charge on any atom is -0.326 e. The molecule has 1 heterocycles. The first kappa shape index (κ1) is 14.5. The van der Waals surface area contributed by atoms with E-state index in [-0.39, 0.29) is 6.04 Å². The van der Waals surface area contributed by atoms with E-state index in [2.05, 4.69) is 61.2 Å². The average molecular weight is 261 g/mol. The van der Waals surface area contributed by atoms with Gasteiger partial charge >= 0.3 is 0 Å². The number of likely N-dealkylation sites (tertiary alicyclic amines) is 1. The molecule has 1 aliphatic rings. The fourth-order valence-electron chi connectivity index (χ4n) is 3.27. The number of hydrogen-bond acceptors (Lipinski definition) is 3. The number of benzene rings is 1. The largest absolute Gasteiger partial charge is 0.326 e. The van der Waals surface area contributed by atoms with E-state index < -0.39 is 0 Å². The molecule has 0 aliphatic carbocycles. The lowest BCUT2D eigenvalue weighted by molar-refractivity contribution is 0.163. The molecule has 0 radical (unpaired) electrons. The van der Waals surface area contributed by atoms with Crippen molar-refractivity contribution in [2.75, 3.05) is 27.2 Å². The monoisotopic (exact) mass is 261 g/mol. The maximum absolute atomic E-state index is 6.22. The van der Waals surface area contributed by atoms with Crippen LogP contribution in [0.2, 0.25) is 0 Å². The summed E-state index contributed by atoms with van der Waals surface area (Å²) < 4.78 is 0. The first-order valence-corrected chi connectivity index (χ1v) is 7.30. The van der Waals surface area contributed by atoms with Crippen LogP contribution in [0.15, 0.2) is 30.3 Å². The van der Waals surface area contributed by atoms with E-state index >= 15 is 0 Å². The van der Waals surface area contributed by atoms with Crippen LogP contribution in [0.1, 0.15) is 31.4 Å². The number of likely N-dealkylation sites (N-methyl/N-ethyl adjacent to an activating group) is 2. The first-order chi connectivity index (χ1) is 9.09. The molecular weight excluding hydrogens is 234 g/mol. The van der Waals surface area contributed by atoms with Gasteiger partial charge in [-0.05, 0) is 46.0 Å². The van der Waals surface area contributed by atoms with Gasteiger partial charge in [-0.15, -0.1) is 0 Å². The zero-order chi connectivity index (χ0) is 13.8. The molecule has 3 unspecified atom stereocenters. The first-order valence-electron chi connectivity index (χ1n) is 7.30. The summed E-state index contributed by atoms with van der Waals surface area (Å²) in [5.41, 5.74) is 7.54. The van der Waals surface area contributed by atoms with Crippen molar-refractivity contribution >= 4 is 0 Å². The van der Waals surface area contributed by atoms with Gasteiger partial charge in [0.15, 0.2) is 0 Å². The van der Waals surface area contributed by atoms with Gasteiger partial charge in [-0.25, -0.2) is 0 Å². The smallest absolute Gasteiger partial charge is 0.0494 e. The van der Waals surface area contributed by atoms with Gasteiger partial charge in [0.05, 0.1) is 0 Å². The van der Waals surface area contributed by atoms with Crippen LogP contribution < -0.4 is 5.73 Å². The topological polar surface area (TPSA) is 32.5 Å². The van der Waals surface area contributed by atoms with Crippen molar-refractivity contribution in [2.45, 2.75) is 37.9 Å². The molecule has 2 N–H and O–H groups in total. The zero-order valence-electron chi connectivity index (χ0n) is 12.4. The zero-order valence-corrected chi connectivity index (χ0v) is 12.4. The quantitative estimate of drug-likeness (QED) is 0.881. The van der Waals surface area contributed by atoms with Crippen molar-refractivity contribution < 1.29 is 0 Å². The molecule has 1 aromatic rings. The third kappa shape index (κ3) is 3.56. The highest BCUT2D eigenvalue weighted by Crippen LogP contribution is 2.24. The Morgan fingerprint density at radius 3 is 2.58 bits per heavy atom.